The Morgan fingerprint density at radius 3 is 2.47 bits per heavy atom. The van der Waals surface area contributed by atoms with Crippen LogP contribution in [0.25, 0.3) is 0 Å². The van der Waals surface area contributed by atoms with Crippen molar-refractivity contribution in [3.05, 3.63) is 0 Å². The van der Waals surface area contributed by atoms with Crippen LogP contribution in [-0.2, 0) is 0 Å². The molecule has 1 aliphatic rings. The molecule has 0 saturated heterocycles. The lowest BCUT2D eigenvalue weighted by molar-refractivity contribution is 0.187. The molecule has 0 amide bonds. The standard InChI is InChI=1S/C14H29N3/c1-12(2)10-17(9-8-14(15)16)11-13-6-4-3-5-7-13/h12-13H,3-11H2,1-2H3,(H3,15,16). The number of nitrogens with one attached hydrogen (secondary N) is 1. The Bertz CT molecular complexity index is 220. The molecule has 0 bridgehead atoms. The van der Waals surface area contributed by atoms with Gasteiger partial charge >= 0.3 is 0 Å². The van der Waals surface area contributed by atoms with Crippen molar-refractivity contribution in [2.45, 2.75) is 52.4 Å². The van der Waals surface area contributed by atoms with E-state index in [2.05, 4.69) is 18.7 Å². The monoisotopic (exact) mass is 239 g/mol. The molecule has 0 aliphatic heterocycles. The maximum atomic E-state index is 7.34. The molecule has 0 aromatic rings. The van der Waals surface area contributed by atoms with E-state index >= 15 is 0 Å². The van der Waals surface area contributed by atoms with Gasteiger partial charge in [0.25, 0.3) is 0 Å². The molecule has 17 heavy (non-hydrogen) atoms. The van der Waals surface area contributed by atoms with E-state index in [1.807, 2.05) is 0 Å². The second-order valence-corrected chi connectivity index (χ2v) is 5.93. The third-order valence-corrected chi connectivity index (χ3v) is 3.56. The van der Waals surface area contributed by atoms with Crippen molar-refractivity contribution in [2.75, 3.05) is 19.6 Å². The summed E-state index contributed by atoms with van der Waals surface area (Å²) in [5.41, 5.74) is 5.46. The summed E-state index contributed by atoms with van der Waals surface area (Å²) in [4.78, 5) is 2.52. The van der Waals surface area contributed by atoms with Gasteiger partial charge < -0.3 is 10.6 Å². The molecule has 0 aromatic carbocycles. The molecule has 1 aliphatic carbocycles. The minimum absolute atomic E-state index is 0.322. The first-order valence-electron chi connectivity index (χ1n) is 7.13. The van der Waals surface area contributed by atoms with Crippen LogP contribution in [0, 0.1) is 17.2 Å². The highest BCUT2D eigenvalue weighted by molar-refractivity contribution is 5.76. The first-order chi connectivity index (χ1) is 8.08. The molecule has 1 rings (SSSR count). The van der Waals surface area contributed by atoms with E-state index in [-0.39, 0.29) is 0 Å². The average Bonchev–Trinajstić information content (AvgIpc) is 2.26. The molecule has 1 saturated carbocycles. The number of nitrogens with two attached hydrogens (primary N) is 1. The lowest BCUT2D eigenvalue weighted by Crippen LogP contribution is -2.35. The molecule has 100 valence electrons. The van der Waals surface area contributed by atoms with E-state index in [1.165, 1.54) is 38.6 Å². The largest absolute Gasteiger partial charge is 0.388 e. The quantitative estimate of drug-likeness (QED) is 0.530. The summed E-state index contributed by atoms with van der Waals surface area (Å²) in [6, 6.07) is 0. The third kappa shape index (κ3) is 6.67. The minimum atomic E-state index is 0.322. The van der Waals surface area contributed by atoms with Crippen LogP contribution in [0.2, 0.25) is 0 Å². The predicted molar refractivity (Wildman–Crippen MR) is 74.4 cm³/mol. The topological polar surface area (TPSA) is 53.1 Å². The van der Waals surface area contributed by atoms with Crippen molar-refractivity contribution in [3.63, 3.8) is 0 Å². The van der Waals surface area contributed by atoms with Gasteiger partial charge in [-0.25, -0.2) is 0 Å². The van der Waals surface area contributed by atoms with Crippen LogP contribution in [0.4, 0.5) is 0 Å². The van der Waals surface area contributed by atoms with E-state index in [4.69, 9.17) is 11.1 Å². The normalized spacial score (nSPS) is 17.9. The number of hydrogen-bond acceptors (Lipinski definition) is 2. The Hall–Kier alpha value is -0.570. The van der Waals surface area contributed by atoms with Gasteiger partial charge in [-0.05, 0) is 24.7 Å². The highest BCUT2D eigenvalue weighted by Gasteiger charge is 2.17. The first-order valence-corrected chi connectivity index (χ1v) is 7.13. The Balaban J connectivity index is 2.35. The predicted octanol–water partition coefficient (Wildman–Crippen LogP) is 2.85. The minimum Gasteiger partial charge on any atom is -0.388 e. The van der Waals surface area contributed by atoms with Crippen molar-refractivity contribution >= 4 is 5.84 Å². The molecule has 0 spiro atoms. The number of nitrogens with zero attached hydrogens (tertiary/aromatic N) is 1. The number of rotatable bonds is 7. The lowest BCUT2D eigenvalue weighted by atomic mass is 9.89. The van der Waals surface area contributed by atoms with Crippen LogP contribution < -0.4 is 5.73 Å². The van der Waals surface area contributed by atoms with Gasteiger partial charge in [0.05, 0.1) is 5.84 Å². The lowest BCUT2D eigenvalue weighted by Gasteiger charge is -2.30. The van der Waals surface area contributed by atoms with Crippen LogP contribution in [0.15, 0.2) is 0 Å². The summed E-state index contributed by atoms with van der Waals surface area (Å²) in [7, 11) is 0. The van der Waals surface area contributed by atoms with Crippen LogP contribution in [0.5, 0.6) is 0 Å². The van der Waals surface area contributed by atoms with Crippen molar-refractivity contribution in [1.29, 1.82) is 5.41 Å². The van der Waals surface area contributed by atoms with Crippen molar-refractivity contribution in [3.8, 4) is 0 Å². The summed E-state index contributed by atoms with van der Waals surface area (Å²) < 4.78 is 0. The van der Waals surface area contributed by atoms with E-state index in [0.717, 1.165) is 25.4 Å². The molecule has 0 heterocycles. The van der Waals surface area contributed by atoms with E-state index in [0.29, 0.717) is 11.8 Å². The second-order valence-electron chi connectivity index (χ2n) is 5.93. The van der Waals surface area contributed by atoms with Gasteiger partial charge in [0, 0.05) is 26.1 Å². The number of hydrogen-bond donors (Lipinski definition) is 2. The Kier molecular flexibility index (Phi) is 6.56. The zero-order chi connectivity index (χ0) is 12.7. The zero-order valence-electron chi connectivity index (χ0n) is 11.5. The first kappa shape index (κ1) is 14.5. The molecular formula is C14H29N3. The van der Waals surface area contributed by atoms with Crippen LogP contribution >= 0.6 is 0 Å². The van der Waals surface area contributed by atoms with Crippen LogP contribution in [0.1, 0.15) is 52.4 Å². The van der Waals surface area contributed by atoms with E-state index in [9.17, 15) is 0 Å². The molecule has 0 atom stereocenters. The van der Waals surface area contributed by atoms with E-state index < -0.39 is 0 Å². The highest BCUT2D eigenvalue weighted by Crippen LogP contribution is 2.24. The Labute approximate surface area is 106 Å². The fraction of sp³-hybridized carbons (Fsp3) is 0.929. The summed E-state index contributed by atoms with van der Waals surface area (Å²) in [5.74, 6) is 1.91. The summed E-state index contributed by atoms with van der Waals surface area (Å²) in [6.07, 6.45) is 7.76. The SMILES string of the molecule is CC(C)CN(CCC(=N)N)CC1CCCCC1. The maximum Gasteiger partial charge on any atom is 0.0918 e. The van der Waals surface area contributed by atoms with Crippen molar-refractivity contribution in [1.82, 2.24) is 4.90 Å². The Morgan fingerprint density at radius 1 is 1.29 bits per heavy atom. The van der Waals surface area contributed by atoms with Gasteiger partial charge in [-0.2, -0.15) is 0 Å². The fourth-order valence-corrected chi connectivity index (χ4v) is 2.79. The summed E-state index contributed by atoms with van der Waals surface area (Å²) >= 11 is 0. The van der Waals surface area contributed by atoms with Gasteiger partial charge in [-0.1, -0.05) is 33.1 Å². The van der Waals surface area contributed by atoms with Crippen LogP contribution in [-0.4, -0.2) is 30.4 Å². The molecule has 0 aromatic heterocycles. The van der Waals surface area contributed by atoms with Gasteiger partial charge in [-0.3, -0.25) is 5.41 Å². The fourth-order valence-electron chi connectivity index (χ4n) is 2.79. The summed E-state index contributed by atoms with van der Waals surface area (Å²) in [6.45, 7) is 7.85. The summed E-state index contributed by atoms with van der Waals surface area (Å²) in [5, 5.41) is 7.34. The Morgan fingerprint density at radius 2 is 1.94 bits per heavy atom. The molecular weight excluding hydrogens is 210 g/mol. The van der Waals surface area contributed by atoms with Gasteiger partial charge in [0.2, 0.25) is 0 Å². The molecule has 0 unspecified atom stereocenters. The molecule has 3 heteroatoms. The molecule has 3 nitrogen and oxygen atoms in total. The third-order valence-electron chi connectivity index (χ3n) is 3.56. The van der Waals surface area contributed by atoms with Gasteiger partial charge in [0.15, 0.2) is 0 Å². The van der Waals surface area contributed by atoms with Crippen molar-refractivity contribution in [2.24, 2.45) is 17.6 Å². The second kappa shape index (κ2) is 7.70. The maximum absolute atomic E-state index is 7.34. The highest BCUT2D eigenvalue weighted by atomic mass is 15.1. The smallest absolute Gasteiger partial charge is 0.0918 e. The van der Waals surface area contributed by atoms with E-state index in [1.54, 1.807) is 0 Å². The number of amidine groups is 1. The molecule has 1 fully saturated rings. The molecule has 0 radical (unpaired) electrons. The average molecular weight is 239 g/mol. The van der Waals surface area contributed by atoms with Crippen LogP contribution in [0.3, 0.4) is 0 Å². The van der Waals surface area contributed by atoms with Gasteiger partial charge in [0.1, 0.15) is 0 Å². The zero-order valence-corrected chi connectivity index (χ0v) is 11.5. The van der Waals surface area contributed by atoms with Crippen molar-refractivity contribution < 1.29 is 0 Å². The van der Waals surface area contributed by atoms with Gasteiger partial charge in [-0.15, -0.1) is 0 Å². The molecule has 3 N–H and O–H groups in total.